The summed E-state index contributed by atoms with van der Waals surface area (Å²) in [5, 5.41) is 3.40. The van der Waals surface area contributed by atoms with Gasteiger partial charge in [-0.15, -0.1) is 0 Å². The van der Waals surface area contributed by atoms with Gasteiger partial charge >= 0.3 is 5.97 Å². The summed E-state index contributed by atoms with van der Waals surface area (Å²) in [5.41, 5.74) is 0.972. The van der Waals surface area contributed by atoms with E-state index in [1.165, 1.54) is 20.3 Å². The van der Waals surface area contributed by atoms with Gasteiger partial charge in [-0.2, -0.15) is 0 Å². The van der Waals surface area contributed by atoms with Crippen LogP contribution in [0, 0.1) is 0 Å². The van der Waals surface area contributed by atoms with Crippen molar-refractivity contribution in [3.63, 3.8) is 0 Å². The minimum absolute atomic E-state index is 0.401. The number of ether oxygens (including phenoxy) is 3. The van der Waals surface area contributed by atoms with Crippen molar-refractivity contribution < 1.29 is 23.8 Å². The molecule has 0 atom stereocenters. The maximum atomic E-state index is 11.9. The second kappa shape index (κ2) is 9.85. The number of nitrogens with one attached hydrogen (secondary N) is 1. The monoisotopic (exact) mass is 409 g/mol. The number of hydrogen-bond donors (Lipinski definition) is 1. The number of carbonyl (C=O) groups is 2. The molecule has 0 aliphatic heterocycles. The molecular formula is C19H17Cl2NO5. The van der Waals surface area contributed by atoms with Gasteiger partial charge in [0.2, 0.25) is 0 Å². The smallest absolute Gasteiger partial charge is 0.331 e. The van der Waals surface area contributed by atoms with Crippen LogP contribution in [0.15, 0.2) is 42.5 Å². The third kappa shape index (κ3) is 5.91. The number of anilines is 1. The number of methoxy groups -OCH3 is 2. The summed E-state index contributed by atoms with van der Waals surface area (Å²) in [5.74, 6) is -0.203. The number of amides is 1. The van der Waals surface area contributed by atoms with Crippen molar-refractivity contribution in [1.82, 2.24) is 0 Å². The number of carbonyl (C=O) groups excluding carboxylic acids is 2. The third-order valence-electron chi connectivity index (χ3n) is 3.40. The first-order valence-corrected chi connectivity index (χ1v) is 8.51. The van der Waals surface area contributed by atoms with Gasteiger partial charge in [0.1, 0.15) is 0 Å². The van der Waals surface area contributed by atoms with Gasteiger partial charge in [0.05, 0.1) is 14.2 Å². The van der Waals surface area contributed by atoms with Crippen LogP contribution in [0.3, 0.4) is 0 Å². The molecule has 0 radical (unpaired) electrons. The molecule has 2 rings (SSSR count). The van der Waals surface area contributed by atoms with Crippen molar-refractivity contribution in [2.45, 2.75) is 0 Å². The predicted octanol–water partition coefficient (Wildman–Crippen LogP) is 4.21. The Labute approximate surface area is 166 Å². The molecule has 0 fully saturated rings. The summed E-state index contributed by atoms with van der Waals surface area (Å²) in [6.45, 7) is -0.451. The molecule has 0 aliphatic rings. The molecule has 2 aromatic rings. The van der Waals surface area contributed by atoms with Crippen LogP contribution in [-0.4, -0.2) is 32.7 Å². The highest BCUT2D eigenvalue weighted by atomic mass is 35.5. The highest BCUT2D eigenvalue weighted by Crippen LogP contribution is 2.29. The molecule has 8 heteroatoms. The van der Waals surface area contributed by atoms with Crippen LogP contribution in [-0.2, 0) is 14.3 Å². The quantitative estimate of drug-likeness (QED) is 0.547. The van der Waals surface area contributed by atoms with Crippen LogP contribution in [0.1, 0.15) is 5.56 Å². The number of esters is 1. The summed E-state index contributed by atoms with van der Waals surface area (Å²) in [4.78, 5) is 23.7. The largest absolute Gasteiger partial charge is 0.493 e. The second-order valence-corrected chi connectivity index (χ2v) is 6.01. The van der Waals surface area contributed by atoms with Gasteiger partial charge in [-0.3, -0.25) is 4.79 Å². The van der Waals surface area contributed by atoms with Crippen LogP contribution < -0.4 is 14.8 Å². The molecule has 0 spiro atoms. The molecule has 0 saturated heterocycles. The van der Waals surface area contributed by atoms with Crippen molar-refractivity contribution in [3.8, 4) is 11.5 Å². The maximum absolute atomic E-state index is 11.9. The molecule has 2 aromatic carbocycles. The Balaban J connectivity index is 1.90. The fourth-order valence-electron chi connectivity index (χ4n) is 2.12. The normalized spacial score (nSPS) is 10.5. The topological polar surface area (TPSA) is 73.9 Å². The maximum Gasteiger partial charge on any atom is 0.331 e. The fourth-order valence-corrected chi connectivity index (χ4v) is 2.64. The number of hydrogen-bond acceptors (Lipinski definition) is 5. The molecule has 0 aliphatic carbocycles. The van der Waals surface area contributed by atoms with E-state index in [-0.39, 0.29) is 0 Å². The first-order valence-electron chi connectivity index (χ1n) is 7.75. The van der Waals surface area contributed by atoms with E-state index < -0.39 is 18.5 Å². The van der Waals surface area contributed by atoms with Crippen LogP contribution in [0.4, 0.5) is 5.69 Å². The summed E-state index contributed by atoms with van der Waals surface area (Å²) >= 11 is 12.0. The Morgan fingerprint density at radius 2 is 1.70 bits per heavy atom. The Morgan fingerprint density at radius 3 is 2.33 bits per heavy atom. The molecule has 142 valence electrons. The molecule has 0 aromatic heterocycles. The van der Waals surface area contributed by atoms with E-state index in [2.05, 4.69) is 5.32 Å². The van der Waals surface area contributed by atoms with Crippen LogP contribution in [0.2, 0.25) is 10.0 Å². The van der Waals surface area contributed by atoms with Crippen molar-refractivity contribution in [1.29, 1.82) is 0 Å². The van der Waals surface area contributed by atoms with Gasteiger partial charge in [0, 0.05) is 33.4 Å². The molecule has 0 saturated carbocycles. The molecule has 6 nitrogen and oxygen atoms in total. The molecule has 1 N–H and O–H groups in total. The van der Waals surface area contributed by atoms with E-state index >= 15 is 0 Å². The third-order valence-corrected chi connectivity index (χ3v) is 4.06. The Bertz CT molecular complexity index is 847. The first-order chi connectivity index (χ1) is 12.9. The van der Waals surface area contributed by atoms with Crippen molar-refractivity contribution >= 4 is 46.8 Å². The number of halogens is 2. The highest BCUT2D eigenvalue weighted by molar-refractivity contribution is 6.37. The zero-order valence-corrected chi connectivity index (χ0v) is 16.1. The Hall–Kier alpha value is -2.70. The zero-order chi connectivity index (χ0) is 19.8. The van der Waals surface area contributed by atoms with Gasteiger partial charge in [-0.05, 0) is 30.3 Å². The molecule has 1 amide bonds. The van der Waals surface area contributed by atoms with Crippen LogP contribution in [0.5, 0.6) is 11.5 Å². The summed E-state index contributed by atoms with van der Waals surface area (Å²) < 4.78 is 15.2. The molecular weight excluding hydrogens is 393 g/mol. The summed E-state index contributed by atoms with van der Waals surface area (Å²) in [6, 6.07) is 9.87. The van der Waals surface area contributed by atoms with Crippen molar-refractivity contribution in [2.24, 2.45) is 0 Å². The first kappa shape index (κ1) is 20.6. The van der Waals surface area contributed by atoms with E-state index in [4.69, 9.17) is 37.4 Å². The average molecular weight is 410 g/mol. The van der Waals surface area contributed by atoms with Crippen molar-refractivity contribution in [3.05, 3.63) is 58.1 Å². The van der Waals surface area contributed by atoms with Crippen LogP contribution >= 0.6 is 23.2 Å². The molecule has 0 bridgehead atoms. The summed E-state index contributed by atoms with van der Waals surface area (Å²) in [7, 11) is 3.00. The lowest BCUT2D eigenvalue weighted by atomic mass is 10.2. The second-order valence-electron chi connectivity index (χ2n) is 5.19. The fraction of sp³-hybridized carbons (Fsp3) is 0.158. The van der Waals surface area contributed by atoms with Gasteiger partial charge < -0.3 is 19.5 Å². The Kier molecular flexibility index (Phi) is 7.52. The van der Waals surface area contributed by atoms with Gasteiger partial charge in [-0.25, -0.2) is 4.79 Å². The standard InChI is InChI=1S/C19H17Cl2NO5/c1-25-16-8-6-12(10-17(16)26-2)22-18(23)11-27-19(24)9-7-13-14(20)4-3-5-15(13)21/h3-10H,11H2,1-2H3,(H,22,23)/b9-7+. The minimum atomic E-state index is -0.701. The van der Waals surface area contributed by atoms with E-state index in [1.807, 2.05) is 0 Å². The van der Waals surface area contributed by atoms with Crippen molar-refractivity contribution in [2.75, 3.05) is 26.1 Å². The Morgan fingerprint density at radius 1 is 1.04 bits per heavy atom. The van der Waals surface area contributed by atoms with Gasteiger partial charge in [0.25, 0.3) is 5.91 Å². The lowest BCUT2D eigenvalue weighted by molar-refractivity contribution is -0.142. The zero-order valence-electron chi connectivity index (χ0n) is 14.6. The van der Waals surface area contributed by atoms with E-state index in [9.17, 15) is 9.59 Å². The summed E-state index contributed by atoms with van der Waals surface area (Å²) in [6.07, 6.45) is 2.58. The van der Waals surface area contributed by atoms with E-state index in [0.717, 1.165) is 6.08 Å². The van der Waals surface area contributed by atoms with E-state index in [1.54, 1.807) is 36.4 Å². The lowest BCUT2D eigenvalue weighted by Gasteiger charge is -2.10. The molecule has 27 heavy (non-hydrogen) atoms. The molecule has 0 unspecified atom stereocenters. The number of rotatable bonds is 7. The van der Waals surface area contributed by atoms with Gasteiger partial charge in [-0.1, -0.05) is 29.3 Å². The minimum Gasteiger partial charge on any atom is -0.493 e. The number of benzene rings is 2. The van der Waals surface area contributed by atoms with Crippen LogP contribution in [0.25, 0.3) is 6.08 Å². The average Bonchev–Trinajstić information content (AvgIpc) is 2.65. The predicted molar refractivity (Wildman–Crippen MR) is 105 cm³/mol. The molecule has 0 heterocycles. The van der Waals surface area contributed by atoms with Gasteiger partial charge in [0.15, 0.2) is 18.1 Å². The highest BCUT2D eigenvalue weighted by Gasteiger charge is 2.09. The lowest BCUT2D eigenvalue weighted by Crippen LogP contribution is -2.20. The SMILES string of the molecule is COc1ccc(NC(=O)COC(=O)/C=C/c2c(Cl)cccc2Cl)cc1OC. The van der Waals surface area contributed by atoms with E-state index in [0.29, 0.717) is 32.8 Å².